The molecule has 1 aromatic heterocycles. The molecule has 2 unspecified atom stereocenters. The molecule has 7 heteroatoms. The number of nitrogen functional groups attached to an aromatic ring is 1. The van der Waals surface area contributed by atoms with Crippen molar-refractivity contribution in [2.45, 2.75) is 46.1 Å². The Bertz CT molecular complexity index is 906. The predicted molar refractivity (Wildman–Crippen MR) is 132 cm³/mol. The van der Waals surface area contributed by atoms with E-state index in [4.69, 9.17) is 15.5 Å². The van der Waals surface area contributed by atoms with Gasteiger partial charge < -0.3 is 21.1 Å². The largest absolute Gasteiger partial charge is 0.460 e. The molecule has 3 rings (SSSR count). The van der Waals surface area contributed by atoms with Crippen molar-refractivity contribution >= 4 is 28.3 Å². The molecule has 0 saturated carbocycles. The molecule has 1 aliphatic rings. The van der Waals surface area contributed by atoms with Crippen LogP contribution in [-0.4, -0.2) is 29.1 Å². The van der Waals surface area contributed by atoms with Gasteiger partial charge in [-0.2, -0.15) is 0 Å². The number of allylic oxidation sites excluding steroid dienone is 2. The molecule has 1 fully saturated rings. The first-order valence-electron chi connectivity index (χ1n) is 10.9. The number of nitrogens with two attached hydrogens (primary N) is 1. The van der Waals surface area contributed by atoms with Gasteiger partial charge >= 0.3 is 0 Å². The monoisotopic (exact) mass is 439 g/mol. The fraction of sp³-hybridized carbons (Fsp3) is 0.417. The Morgan fingerprint density at radius 2 is 2.13 bits per heavy atom. The third kappa shape index (κ3) is 6.74. The number of aromatic nitrogens is 2. The van der Waals surface area contributed by atoms with Crippen LogP contribution in [-0.2, 0) is 0 Å². The third-order valence-corrected chi connectivity index (χ3v) is 6.15. The van der Waals surface area contributed by atoms with E-state index in [1.807, 2.05) is 37.3 Å². The lowest BCUT2D eigenvalue weighted by molar-refractivity contribution is 0.357. The normalized spacial score (nSPS) is 18.1. The number of anilines is 2. The van der Waals surface area contributed by atoms with Crippen molar-refractivity contribution in [2.24, 2.45) is 5.92 Å². The Labute approximate surface area is 189 Å². The topological polar surface area (TPSA) is 85.1 Å². The van der Waals surface area contributed by atoms with Gasteiger partial charge in [-0.3, -0.25) is 0 Å². The highest BCUT2D eigenvalue weighted by Crippen LogP contribution is 2.39. The Balaban J connectivity index is 1.98. The summed E-state index contributed by atoms with van der Waals surface area (Å²) in [4.78, 5) is 11.2. The second-order valence-electron chi connectivity index (χ2n) is 7.93. The van der Waals surface area contributed by atoms with Crippen LogP contribution in [0, 0.1) is 5.92 Å². The smallest absolute Gasteiger partial charge is 0.223 e. The molecule has 1 aliphatic heterocycles. The molecule has 31 heavy (non-hydrogen) atoms. The minimum Gasteiger partial charge on any atom is -0.460 e. The van der Waals surface area contributed by atoms with Crippen LogP contribution in [0.2, 0.25) is 0 Å². The van der Waals surface area contributed by atoms with Crippen LogP contribution < -0.4 is 21.1 Å². The molecular formula is C24H33N5OS. The van der Waals surface area contributed by atoms with Gasteiger partial charge in [0, 0.05) is 30.4 Å². The van der Waals surface area contributed by atoms with Crippen molar-refractivity contribution in [3.63, 3.8) is 0 Å². The molecule has 0 amide bonds. The second kappa shape index (κ2) is 11.2. The third-order valence-electron chi connectivity index (χ3n) is 5.19. The van der Waals surface area contributed by atoms with E-state index in [-0.39, 0.29) is 5.92 Å². The quantitative estimate of drug-likeness (QED) is 0.362. The number of piperidine rings is 1. The van der Waals surface area contributed by atoms with E-state index in [2.05, 4.69) is 36.0 Å². The minimum atomic E-state index is 0.202. The molecule has 0 bridgehead atoms. The fourth-order valence-corrected chi connectivity index (χ4v) is 4.24. The van der Waals surface area contributed by atoms with E-state index in [0.717, 1.165) is 59.4 Å². The highest BCUT2D eigenvalue weighted by atomic mass is 32.2. The maximum Gasteiger partial charge on any atom is 0.223 e. The number of hydrogen-bond acceptors (Lipinski definition) is 7. The van der Waals surface area contributed by atoms with Gasteiger partial charge in [0.1, 0.15) is 11.5 Å². The van der Waals surface area contributed by atoms with E-state index < -0.39 is 0 Å². The highest BCUT2D eigenvalue weighted by Gasteiger charge is 2.21. The molecule has 4 N–H and O–H groups in total. The summed E-state index contributed by atoms with van der Waals surface area (Å²) in [6.07, 6.45) is 5.01. The Kier molecular flexibility index (Phi) is 8.37. The van der Waals surface area contributed by atoms with Crippen LogP contribution in [0.15, 0.2) is 53.8 Å². The molecule has 2 atom stereocenters. The van der Waals surface area contributed by atoms with Crippen LogP contribution >= 0.6 is 11.8 Å². The number of hydrogen-bond donors (Lipinski definition) is 3. The number of thioether (sulfide) groups is 1. The lowest BCUT2D eigenvalue weighted by atomic mass is 10.1. The molecule has 6 nitrogen and oxygen atoms in total. The minimum absolute atomic E-state index is 0.202. The first-order chi connectivity index (χ1) is 15.0. The van der Waals surface area contributed by atoms with E-state index >= 15 is 0 Å². The first-order valence-corrected chi connectivity index (χ1v) is 11.7. The summed E-state index contributed by atoms with van der Waals surface area (Å²) < 4.78 is 6.40. The van der Waals surface area contributed by atoms with Crippen LogP contribution in [0.1, 0.15) is 45.7 Å². The molecule has 2 aromatic rings. The van der Waals surface area contributed by atoms with Gasteiger partial charge in [0.15, 0.2) is 0 Å². The van der Waals surface area contributed by atoms with Gasteiger partial charge in [-0.25, -0.2) is 9.97 Å². The van der Waals surface area contributed by atoms with Crippen LogP contribution in [0.4, 0.5) is 11.6 Å². The van der Waals surface area contributed by atoms with Crippen molar-refractivity contribution in [3.8, 4) is 5.75 Å². The zero-order valence-corrected chi connectivity index (χ0v) is 19.5. The first kappa shape index (κ1) is 23.2. The average Bonchev–Trinajstić information content (AvgIpc) is 2.77. The van der Waals surface area contributed by atoms with E-state index in [9.17, 15) is 0 Å². The standard InChI is InChI=1S/C24H33N5OS/c1-5-17(4)22(30-20-10-8-18(25)9-11-20)23(31-16(2)3)21-12-14-27-24(29-21)28-19-7-6-13-26-15-19/h8-12,14,17,19,26H,2,5-7,13,15,25H2,1,3-4H3,(H,27,28,29)/b23-22+. The highest BCUT2D eigenvalue weighted by molar-refractivity contribution is 8.11. The Morgan fingerprint density at radius 3 is 2.77 bits per heavy atom. The summed E-state index contributed by atoms with van der Waals surface area (Å²) >= 11 is 1.59. The molecular weight excluding hydrogens is 406 g/mol. The predicted octanol–water partition coefficient (Wildman–Crippen LogP) is 5.28. The maximum atomic E-state index is 6.40. The van der Waals surface area contributed by atoms with Gasteiger partial charge in [-0.1, -0.05) is 32.2 Å². The summed E-state index contributed by atoms with van der Waals surface area (Å²) in [7, 11) is 0. The molecule has 166 valence electrons. The average molecular weight is 440 g/mol. The molecule has 2 heterocycles. The second-order valence-corrected chi connectivity index (χ2v) is 9.24. The van der Waals surface area contributed by atoms with Gasteiger partial charge in [0.05, 0.1) is 10.6 Å². The van der Waals surface area contributed by atoms with Crippen LogP contribution in [0.25, 0.3) is 4.91 Å². The lowest BCUT2D eigenvalue weighted by Crippen LogP contribution is -2.38. The van der Waals surface area contributed by atoms with Gasteiger partial charge in [-0.15, -0.1) is 0 Å². The van der Waals surface area contributed by atoms with Crippen molar-refractivity contribution in [1.82, 2.24) is 15.3 Å². The maximum absolute atomic E-state index is 6.40. The number of ether oxygens (including phenoxy) is 1. The van der Waals surface area contributed by atoms with Crippen molar-refractivity contribution in [3.05, 3.63) is 59.5 Å². The molecule has 0 radical (unpaired) electrons. The van der Waals surface area contributed by atoms with Crippen molar-refractivity contribution in [2.75, 3.05) is 24.1 Å². The molecule has 1 saturated heterocycles. The summed E-state index contributed by atoms with van der Waals surface area (Å²) in [6, 6.07) is 9.75. The zero-order valence-electron chi connectivity index (χ0n) is 18.6. The van der Waals surface area contributed by atoms with E-state index in [0.29, 0.717) is 17.7 Å². The SMILES string of the molecule is C=C(C)S/C(=C(/Oc1ccc(N)cc1)C(C)CC)c1ccnc(NC2CCCNC2)n1. The van der Waals surface area contributed by atoms with Crippen LogP contribution in [0.5, 0.6) is 5.75 Å². The molecule has 0 aliphatic carbocycles. The van der Waals surface area contributed by atoms with Gasteiger partial charge in [-0.05, 0) is 68.0 Å². The molecule has 0 spiro atoms. The van der Waals surface area contributed by atoms with Crippen molar-refractivity contribution in [1.29, 1.82) is 0 Å². The lowest BCUT2D eigenvalue weighted by Gasteiger charge is -2.24. The molecule has 1 aromatic carbocycles. The number of nitrogens with zero attached hydrogens (tertiary/aromatic N) is 2. The Hall–Kier alpha value is -2.51. The van der Waals surface area contributed by atoms with Gasteiger partial charge in [0.2, 0.25) is 5.95 Å². The summed E-state index contributed by atoms with van der Waals surface area (Å²) in [5, 5.41) is 6.89. The summed E-state index contributed by atoms with van der Waals surface area (Å²) in [5.41, 5.74) is 7.39. The van der Waals surface area contributed by atoms with Gasteiger partial charge in [0.25, 0.3) is 0 Å². The number of rotatable bonds is 9. The Morgan fingerprint density at radius 1 is 1.35 bits per heavy atom. The van der Waals surface area contributed by atoms with E-state index in [1.165, 1.54) is 0 Å². The van der Waals surface area contributed by atoms with Crippen molar-refractivity contribution < 1.29 is 4.74 Å². The number of nitrogens with one attached hydrogen (secondary N) is 2. The summed E-state index contributed by atoms with van der Waals surface area (Å²) in [6.45, 7) is 12.4. The van der Waals surface area contributed by atoms with E-state index in [1.54, 1.807) is 18.0 Å². The van der Waals surface area contributed by atoms with Crippen LogP contribution in [0.3, 0.4) is 0 Å². The fourth-order valence-electron chi connectivity index (χ4n) is 3.33. The summed E-state index contributed by atoms with van der Waals surface area (Å²) in [5.74, 6) is 2.48. The zero-order chi connectivity index (χ0) is 22.2. The number of benzene rings is 1.